The summed E-state index contributed by atoms with van der Waals surface area (Å²) in [7, 11) is 0. The third-order valence-electron chi connectivity index (χ3n) is 3.11. The molecule has 2 heterocycles. The second-order valence-corrected chi connectivity index (χ2v) is 4.44. The third kappa shape index (κ3) is 2.39. The van der Waals surface area contributed by atoms with Gasteiger partial charge in [-0.15, -0.1) is 0 Å². The van der Waals surface area contributed by atoms with Crippen LogP contribution < -0.4 is 5.73 Å². The monoisotopic (exact) mass is 221 g/mol. The summed E-state index contributed by atoms with van der Waals surface area (Å²) in [6.45, 7) is 5.60. The van der Waals surface area contributed by atoms with E-state index in [0.29, 0.717) is 5.92 Å². The maximum atomic E-state index is 5.84. The van der Waals surface area contributed by atoms with Crippen LogP contribution in [0.3, 0.4) is 0 Å². The Labute approximate surface area is 96.2 Å². The Morgan fingerprint density at radius 2 is 2.12 bits per heavy atom. The van der Waals surface area contributed by atoms with Gasteiger partial charge in [-0.1, -0.05) is 0 Å². The van der Waals surface area contributed by atoms with Crippen LogP contribution in [-0.4, -0.2) is 23.2 Å². The molecular weight excluding hydrogens is 202 g/mol. The van der Waals surface area contributed by atoms with E-state index in [1.807, 2.05) is 20.0 Å². The van der Waals surface area contributed by atoms with Gasteiger partial charge in [0.15, 0.2) is 0 Å². The molecule has 0 radical (unpaired) electrons. The maximum absolute atomic E-state index is 5.84. The number of aromatic nitrogens is 2. The van der Waals surface area contributed by atoms with Crippen molar-refractivity contribution in [1.82, 2.24) is 9.97 Å². The number of nitrogens with zero attached hydrogens (tertiary/aromatic N) is 2. The highest BCUT2D eigenvalue weighted by Crippen LogP contribution is 2.25. The summed E-state index contributed by atoms with van der Waals surface area (Å²) < 4.78 is 5.34. The average Bonchev–Trinajstić information content (AvgIpc) is 2.29. The SMILES string of the molecule is Cc1nc(C2CCOCC2)ncc1[C@@H](C)N. The summed E-state index contributed by atoms with van der Waals surface area (Å²) in [6, 6.07) is 0.00346. The largest absolute Gasteiger partial charge is 0.381 e. The van der Waals surface area contributed by atoms with Crippen molar-refractivity contribution in [3.63, 3.8) is 0 Å². The molecule has 16 heavy (non-hydrogen) atoms. The van der Waals surface area contributed by atoms with Crippen LogP contribution in [0.4, 0.5) is 0 Å². The van der Waals surface area contributed by atoms with Gasteiger partial charge in [0, 0.05) is 42.6 Å². The van der Waals surface area contributed by atoms with Gasteiger partial charge in [-0.2, -0.15) is 0 Å². The van der Waals surface area contributed by atoms with E-state index < -0.39 is 0 Å². The molecular formula is C12H19N3O. The molecule has 1 aliphatic rings. The van der Waals surface area contributed by atoms with Gasteiger partial charge < -0.3 is 10.5 Å². The smallest absolute Gasteiger partial charge is 0.131 e. The number of hydrogen-bond donors (Lipinski definition) is 1. The molecule has 88 valence electrons. The molecule has 0 spiro atoms. The molecule has 1 atom stereocenters. The average molecular weight is 221 g/mol. The second-order valence-electron chi connectivity index (χ2n) is 4.44. The van der Waals surface area contributed by atoms with E-state index in [9.17, 15) is 0 Å². The Morgan fingerprint density at radius 1 is 1.44 bits per heavy atom. The number of ether oxygens (including phenoxy) is 1. The predicted molar refractivity (Wildman–Crippen MR) is 62.2 cm³/mol. The minimum absolute atomic E-state index is 0.00346. The number of hydrogen-bond acceptors (Lipinski definition) is 4. The molecule has 4 heteroatoms. The lowest BCUT2D eigenvalue weighted by molar-refractivity contribution is 0.0835. The van der Waals surface area contributed by atoms with Gasteiger partial charge in [-0.3, -0.25) is 0 Å². The quantitative estimate of drug-likeness (QED) is 0.825. The van der Waals surface area contributed by atoms with Crippen molar-refractivity contribution in [3.8, 4) is 0 Å². The zero-order valence-electron chi connectivity index (χ0n) is 9.94. The molecule has 0 aromatic carbocycles. The summed E-state index contributed by atoms with van der Waals surface area (Å²) in [5.74, 6) is 1.40. The van der Waals surface area contributed by atoms with E-state index in [2.05, 4.69) is 9.97 Å². The molecule has 0 bridgehead atoms. The first kappa shape index (κ1) is 11.5. The molecule has 2 N–H and O–H groups in total. The molecule has 1 aromatic rings. The van der Waals surface area contributed by atoms with E-state index >= 15 is 0 Å². The third-order valence-corrected chi connectivity index (χ3v) is 3.11. The lowest BCUT2D eigenvalue weighted by atomic mass is 9.99. The molecule has 1 aliphatic heterocycles. The van der Waals surface area contributed by atoms with Gasteiger partial charge >= 0.3 is 0 Å². The Bertz CT molecular complexity index is 359. The number of rotatable bonds is 2. The van der Waals surface area contributed by atoms with Gasteiger partial charge in [0.05, 0.1) is 0 Å². The summed E-state index contributed by atoms with van der Waals surface area (Å²) in [5.41, 5.74) is 7.89. The van der Waals surface area contributed by atoms with Gasteiger partial charge in [0.25, 0.3) is 0 Å². The Balaban J connectivity index is 2.19. The molecule has 1 saturated heterocycles. The van der Waals surface area contributed by atoms with E-state index in [4.69, 9.17) is 10.5 Å². The van der Waals surface area contributed by atoms with Crippen molar-refractivity contribution >= 4 is 0 Å². The zero-order valence-corrected chi connectivity index (χ0v) is 9.94. The fourth-order valence-electron chi connectivity index (χ4n) is 2.09. The first-order valence-corrected chi connectivity index (χ1v) is 5.85. The van der Waals surface area contributed by atoms with E-state index in [-0.39, 0.29) is 6.04 Å². The van der Waals surface area contributed by atoms with Crippen molar-refractivity contribution < 1.29 is 4.74 Å². The second kappa shape index (κ2) is 4.89. The van der Waals surface area contributed by atoms with E-state index in [1.54, 1.807) is 0 Å². The van der Waals surface area contributed by atoms with Crippen LogP contribution in [0.5, 0.6) is 0 Å². The highest BCUT2D eigenvalue weighted by atomic mass is 16.5. The molecule has 2 rings (SSSR count). The predicted octanol–water partition coefficient (Wildman–Crippen LogP) is 1.70. The number of aryl methyl sites for hydroxylation is 1. The standard InChI is InChI=1S/C12H19N3O/c1-8(13)11-7-14-12(15-9(11)2)10-3-5-16-6-4-10/h7-8,10H,3-6,13H2,1-2H3/t8-/m1/s1. The zero-order chi connectivity index (χ0) is 11.5. The fourth-order valence-corrected chi connectivity index (χ4v) is 2.09. The van der Waals surface area contributed by atoms with Gasteiger partial charge in [-0.05, 0) is 26.7 Å². The van der Waals surface area contributed by atoms with E-state index in [1.165, 1.54) is 0 Å². The minimum atomic E-state index is 0.00346. The Kier molecular flexibility index (Phi) is 3.51. The molecule has 1 fully saturated rings. The Hall–Kier alpha value is -1.00. The van der Waals surface area contributed by atoms with Crippen LogP contribution in [0, 0.1) is 6.92 Å². The van der Waals surface area contributed by atoms with Crippen molar-refractivity contribution in [2.24, 2.45) is 5.73 Å². The van der Waals surface area contributed by atoms with Gasteiger partial charge in [0.1, 0.15) is 5.82 Å². The Morgan fingerprint density at radius 3 is 2.69 bits per heavy atom. The van der Waals surface area contributed by atoms with Crippen LogP contribution in [0.25, 0.3) is 0 Å². The van der Waals surface area contributed by atoms with Crippen LogP contribution in [0.2, 0.25) is 0 Å². The van der Waals surface area contributed by atoms with Gasteiger partial charge in [-0.25, -0.2) is 9.97 Å². The summed E-state index contributed by atoms with van der Waals surface area (Å²) in [6.07, 6.45) is 3.92. The van der Waals surface area contributed by atoms with Crippen LogP contribution in [-0.2, 0) is 4.74 Å². The molecule has 0 saturated carbocycles. The van der Waals surface area contributed by atoms with Gasteiger partial charge in [0.2, 0.25) is 0 Å². The first-order chi connectivity index (χ1) is 7.68. The first-order valence-electron chi connectivity index (χ1n) is 5.85. The van der Waals surface area contributed by atoms with E-state index in [0.717, 1.165) is 43.1 Å². The van der Waals surface area contributed by atoms with Crippen LogP contribution in [0.15, 0.2) is 6.20 Å². The summed E-state index contributed by atoms with van der Waals surface area (Å²) in [4.78, 5) is 9.01. The normalized spacial score (nSPS) is 19.7. The molecule has 0 aliphatic carbocycles. The topological polar surface area (TPSA) is 61.0 Å². The van der Waals surface area contributed by atoms with Crippen molar-refractivity contribution in [3.05, 3.63) is 23.3 Å². The molecule has 0 amide bonds. The maximum Gasteiger partial charge on any atom is 0.131 e. The molecule has 1 aromatic heterocycles. The number of nitrogens with two attached hydrogens (primary N) is 1. The minimum Gasteiger partial charge on any atom is -0.381 e. The van der Waals surface area contributed by atoms with Crippen LogP contribution >= 0.6 is 0 Å². The highest BCUT2D eigenvalue weighted by Gasteiger charge is 2.19. The molecule has 0 unspecified atom stereocenters. The molecule has 4 nitrogen and oxygen atoms in total. The lowest BCUT2D eigenvalue weighted by Crippen LogP contribution is -2.18. The fraction of sp³-hybridized carbons (Fsp3) is 0.667. The highest BCUT2D eigenvalue weighted by molar-refractivity contribution is 5.20. The van der Waals surface area contributed by atoms with Crippen LogP contribution in [0.1, 0.15) is 48.8 Å². The van der Waals surface area contributed by atoms with Crippen molar-refractivity contribution in [2.45, 2.75) is 38.6 Å². The lowest BCUT2D eigenvalue weighted by Gasteiger charge is -2.21. The van der Waals surface area contributed by atoms with Crippen molar-refractivity contribution in [2.75, 3.05) is 13.2 Å². The summed E-state index contributed by atoms with van der Waals surface area (Å²) in [5, 5.41) is 0. The summed E-state index contributed by atoms with van der Waals surface area (Å²) >= 11 is 0. The van der Waals surface area contributed by atoms with Crippen molar-refractivity contribution in [1.29, 1.82) is 0 Å².